The number of hydrogen-bond donors (Lipinski definition) is 1. The minimum absolute atomic E-state index is 0. The molecule has 0 saturated carbocycles. The second-order valence-corrected chi connectivity index (χ2v) is 24.5. The van der Waals surface area contributed by atoms with Gasteiger partial charge in [0.15, 0.2) is 0 Å². The molecule has 384 valence electrons. The minimum atomic E-state index is -0.347. The molecule has 0 fully saturated rings. The first-order valence-corrected chi connectivity index (χ1v) is 26.4. The molecule has 0 saturated heterocycles. The predicted octanol–water partition coefficient (Wildman–Crippen LogP) is 18.5. The van der Waals surface area contributed by atoms with Gasteiger partial charge in [-0.3, -0.25) is 9.55 Å². The van der Waals surface area contributed by atoms with E-state index >= 15 is 0 Å². The van der Waals surface area contributed by atoms with Gasteiger partial charge in [0.05, 0.1) is 33.3 Å². The molecule has 6 heteroatoms. The Morgan fingerprint density at radius 2 is 1.05 bits per heavy atom. The van der Waals surface area contributed by atoms with Crippen LogP contribution >= 0.6 is 0 Å². The third-order valence-corrected chi connectivity index (χ3v) is 15.0. The first-order valence-electron chi connectivity index (χ1n) is 26.4. The third-order valence-electron chi connectivity index (χ3n) is 15.0. The Kier molecular flexibility index (Phi) is 13.3. The van der Waals surface area contributed by atoms with Crippen LogP contribution in [0.1, 0.15) is 105 Å². The molecule has 0 aliphatic carbocycles. The Morgan fingerprint density at radius 3 is 1.75 bits per heavy atom. The van der Waals surface area contributed by atoms with E-state index in [9.17, 15) is 5.11 Å². The van der Waals surface area contributed by atoms with Gasteiger partial charge in [-0.25, -0.2) is 4.98 Å². The molecule has 0 unspecified atom stereocenters. The van der Waals surface area contributed by atoms with Crippen molar-refractivity contribution in [1.29, 1.82) is 0 Å². The number of imidazole rings is 1. The number of fused-ring (bicyclic) bond motifs is 4. The SMILES string of the molecule is CC(C)(C)c1cc(-c2cc(-c3cccc4c5ccccc5n(-c5ccccc5)c34)ccn2)[c-]c(-c2cccc3c2nc(-c2cc(C(C)(C)C)cc(C(C)(C)C)c2O)n3-c2cc(C(C)(C)C)ccc2-c2ccccc2)c1.[Pt]. The van der Waals surface area contributed by atoms with Crippen LogP contribution in [0.5, 0.6) is 5.75 Å². The van der Waals surface area contributed by atoms with Crippen molar-refractivity contribution in [3.8, 4) is 73.2 Å². The molecule has 0 amide bonds. The average Bonchev–Trinajstić information content (AvgIpc) is 3.99. The number of phenols is 1. The van der Waals surface area contributed by atoms with Crippen molar-refractivity contribution in [3.63, 3.8) is 0 Å². The Hall–Kier alpha value is -7.33. The zero-order valence-electron chi connectivity index (χ0n) is 45.9. The molecule has 76 heavy (non-hydrogen) atoms. The first-order chi connectivity index (χ1) is 35.6. The van der Waals surface area contributed by atoms with Crippen molar-refractivity contribution < 1.29 is 26.2 Å². The summed E-state index contributed by atoms with van der Waals surface area (Å²) in [6.07, 6.45) is 1.94. The molecule has 0 aliphatic rings. The molecule has 0 atom stereocenters. The van der Waals surface area contributed by atoms with E-state index in [0.29, 0.717) is 11.4 Å². The predicted molar refractivity (Wildman–Crippen MR) is 316 cm³/mol. The number of rotatable bonds is 7. The summed E-state index contributed by atoms with van der Waals surface area (Å²) in [5, 5.41) is 15.1. The van der Waals surface area contributed by atoms with E-state index in [4.69, 9.17) is 9.97 Å². The largest absolute Gasteiger partial charge is 0.507 e. The van der Waals surface area contributed by atoms with Crippen LogP contribution in [0.3, 0.4) is 0 Å². The van der Waals surface area contributed by atoms with Gasteiger partial charge in [-0.15, -0.1) is 29.3 Å². The van der Waals surface area contributed by atoms with E-state index in [1.54, 1.807) is 0 Å². The summed E-state index contributed by atoms with van der Waals surface area (Å²) in [6.45, 7) is 26.8. The standard InChI is InChI=1S/C70H67N4O.Pt/c1-67(2,3)48-33-34-52(44-23-15-13-16-24-44)62(43-48)74-61-32-22-28-53(63(61)72-66(74)57-41-50(69(7,8)9)42-58(65(57)75)70(10,11)12)46-37-47(39-49(38-46)68(4,5)6)59-40-45(35-36-71-59)54-29-21-30-56-55-27-19-20-31-60(55)73(64(54)56)51-25-17-14-18-26-51;/h13-36,38-43,75H,1-12H3;/q-1;. The van der Waals surface area contributed by atoms with Gasteiger partial charge in [-0.1, -0.05) is 216 Å². The van der Waals surface area contributed by atoms with Crippen molar-refractivity contribution in [2.75, 3.05) is 0 Å². The summed E-state index contributed by atoms with van der Waals surface area (Å²) in [5.41, 5.74) is 18.4. The topological polar surface area (TPSA) is 55.9 Å². The number of nitrogens with zero attached hydrogens (tertiary/aromatic N) is 4. The van der Waals surface area contributed by atoms with Crippen LogP contribution in [-0.4, -0.2) is 24.2 Å². The molecule has 5 nitrogen and oxygen atoms in total. The molecule has 11 aromatic rings. The van der Waals surface area contributed by atoms with Crippen molar-refractivity contribution >= 4 is 32.8 Å². The van der Waals surface area contributed by atoms with Crippen LogP contribution in [0.25, 0.3) is 100 Å². The maximum atomic E-state index is 12.7. The molecular formula is C70H67N4OPt-. The fourth-order valence-corrected chi connectivity index (χ4v) is 10.7. The molecule has 0 bridgehead atoms. The molecule has 0 spiro atoms. The molecule has 1 N–H and O–H groups in total. The van der Waals surface area contributed by atoms with Crippen molar-refractivity contribution in [2.24, 2.45) is 0 Å². The Balaban J connectivity index is 0.00000657. The van der Waals surface area contributed by atoms with Crippen LogP contribution in [-0.2, 0) is 42.7 Å². The molecule has 0 aliphatic heterocycles. The van der Waals surface area contributed by atoms with Crippen molar-refractivity contribution in [1.82, 2.24) is 19.1 Å². The number of hydrogen-bond acceptors (Lipinski definition) is 3. The van der Waals surface area contributed by atoms with Crippen molar-refractivity contribution in [3.05, 3.63) is 210 Å². The summed E-state index contributed by atoms with van der Waals surface area (Å²) in [4.78, 5) is 10.9. The summed E-state index contributed by atoms with van der Waals surface area (Å²) in [6, 6.07) is 67.1. The third kappa shape index (κ3) is 9.42. The number of pyridine rings is 1. The Bertz CT molecular complexity index is 3980. The van der Waals surface area contributed by atoms with E-state index < -0.39 is 0 Å². The summed E-state index contributed by atoms with van der Waals surface area (Å²) in [5.74, 6) is 0.926. The Morgan fingerprint density at radius 1 is 0.447 bits per heavy atom. The van der Waals surface area contributed by atoms with Crippen molar-refractivity contribution in [2.45, 2.75) is 105 Å². The van der Waals surface area contributed by atoms with E-state index in [0.717, 1.165) is 89.3 Å². The number of aromatic hydroxyl groups is 1. The fraction of sp³-hybridized carbons (Fsp3) is 0.229. The van der Waals surface area contributed by atoms with Gasteiger partial charge in [-0.2, -0.15) is 0 Å². The quantitative estimate of drug-likeness (QED) is 0.162. The van der Waals surface area contributed by atoms with Crippen LogP contribution in [0.4, 0.5) is 0 Å². The minimum Gasteiger partial charge on any atom is -0.507 e. The summed E-state index contributed by atoms with van der Waals surface area (Å²) < 4.78 is 4.70. The fourth-order valence-electron chi connectivity index (χ4n) is 10.7. The van der Waals surface area contributed by atoms with Crippen LogP contribution < -0.4 is 0 Å². The van der Waals surface area contributed by atoms with Gasteiger partial charge < -0.3 is 9.67 Å². The maximum absolute atomic E-state index is 12.7. The zero-order valence-corrected chi connectivity index (χ0v) is 48.1. The van der Waals surface area contributed by atoms with Gasteiger partial charge in [0.25, 0.3) is 0 Å². The van der Waals surface area contributed by atoms with E-state index in [-0.39, 0.29) is 48.5 Å². The monoisotopic (exact) mass is 1170 g/mol. The number of aromatic nitrogens is 4. The molecular weight excluding hydrogens is 1110 g/mol. The second kappa shape index (κ2) is 19.4. The van der Waals surface area contributed by atoms with Crippen LogP contribution in [0.15, 0.2) is 182 Å². The van der Waals surface area contributed by atoms with Gasteiger partial charge in [0.1, 0.15) is 11.6 Å². The number of phenolic OH excluding ortho intramolecular Hbond substituents is 1. The smallest absolute Gasteiger partial charge is 0.148 e. The molecule has 3 heterocycles. The normalized spacial score (nSPS) is 12.4. The molecule has 0 radical (unpaired) electrons. The number of para-hydroxylation sites is 4. The second-order valence-electron chi connectivity index (χ2n) is 24.5. The van der Waals surface area contributed by atoms with E-state index in [1.165, 1.54) is 21.9 Å². The van der Waals surface area contributed by atoms with Crippen LogP contribution in [0.2, 0.25) is 0 Å². The maximum Gasteiger partial charge on any atom is 0.148 e. The van der Waals surface area contributed by atoms with Gasteiger partial charge >= 0.3 is 0 Å². The summed E-state index contributed by atoms with van der Waals surface area (Å²) in [7, 11) is 0. The first kappa shape index (κ1) is 52.1. The van der Waals surface area contributed by atoms with Gasteiger partial charge in [0.2, 0.25) is 0 Å². The molecule has 8 aromatic carbocycles. The van der Waals surface area contributed by atoms with E-state index in [2.05, 4.69) is 274 Å². The number of benzene rings is 8. The zero-order chi connectivity index (χ0) is 52.8. The van der Waals surface area contributed by atoms with Gasteiger partial charge in [-0.05, 0) is 86.4 Å². The Labute approximate surface area is 463 Å². The summed E-state index contributed by atoms with van der Waals surface area (Å²) >= 11 is 0. The average molecular weight is 1180 g/mol. The van der Waals surface area contributed by atoms with E-state index in [1.807, 2.05) is 6.20 Å². The van der Waals surface area contributed by atoms with Crippen LogP contribution in [0, 0.1) is 6.07 Å². The van der Waals surface area contributed by atoms with Gasteiger partial charge in [0, 0.05) is 66.1 Å². The molecule has 3 aromatic heterocycles. The molecule has 11 rings (SSSR count).